The minimum absolute atomic E-state index is 0.0841. The average molecular weight is 177 g/mol. The van der Waals surface area contributed by atoms with E-state index in [9.17, 15) is 12.9 Å². The molecule has 0 aliphatic rings. The van der Waals surface area contributed by atoms with Gasteiger partial charge < -0.3 is 17.7 Å². The summed E-state index contributed by atoms with van der Waals surface area (Å²) in [7, 11) is 1.25. The quantitative estimate of drug-likeness (QED) is 0.618. The first kappa shape index (κ1) is 8.83. The molecule has 0 spiro atoms. The van der Waals surface area contributed by atoms with Crippen molar-refractivity contribution in [1.29, 1.82) is 0 Å². The largest absolute Gasteiger partial charge is 0.546 e. The number of hydrogen-bond acceptors (Lipinski definition) is 3. The Hall–Kier alpha value is -1.27. The molecular weight excluding hydrogens is 172 g/mol. The smallest absolute Gasteiger partial charge is 0.481 e. The van der Waals surface area contributed by atoms with E-state index in [1.54, 1.807) is 0 Å². The van der Waals surface area contributed by atoms with E-state index in [-0.39, 0.29) is 5.88 Å². The van der Waals surface area contributed by atoms with Crippen molar-refractivity contribution >= 4 is 12.7 Å². The van der Waals surface area contributed by atoms with Crippen LogP contribution in [0.5, 0.6) is 5.88 Å². The summed E-state index contributed by atoms with van der Waals surface area (Å²) in [6.07, 6.45) is 1.01. The van der Waals surface area contributed by atoms with E-state index in [0.29, 0.717) is 0 Å². The fraction of sp³-hybridized carbons (Fsp3) is 0.200. The number of hydrogen-bond donors (Lipinski definition) is 0. The van der Waals surface area contributed by atoms with Crippen LogP contribution in [0.3, 0.4) is 0 Å². The van der Waals surface area contributed by atoms with Gasteiger partial charge in [-0.25, -0.2) is 4.98 Å². The van der Waals surface area contributed by atoms with Crippen molar-refractivity contribution < 1.29 is 17.7 Å². The molecule has 0 unspecified atom stereocenters. The second-order valence-electron chi connectivity index (χ2n) is 2.03. The van der Waals surface area contributed by atoms with Crippen LogP contribution in [0.4, 0.5) is 12.9 Å². The lowest BCUT2D eigenvalue weighted by molar-refractivity contribution is 0.396. The summed E-state index contributed by atoms with van der Waals surface area (Å²) >= 11 is 0. The molecule has 0 amide bonds. The fourth-order valence-electron chi connectivity index (χ4n) is 0.628. The van der Waals surface area contributed by atoms with Crippen LogP contribution in [0.1, 0.15) is 0 Å². The van der Waals surface area contributed by atoms with Gasteiger partial charge in [-0.15, -0.1) is 0 Å². The number of aromatic nitrogens is 2. The normalized spacial score (nSPS) is 11.3. The van der Waals surface area contributed by atoms with Gasteiger partial charge in [0.2, 0.25) is 5.88 Å². The van der Waals surface area contributed by atoms with Gasteiger partial charge in [-0.3, -0.25) is 4.98 Å². The van der Waals surface area contributed by atoms with E-state index < -0.39 is 12.7 Å². The van der Waals surface area contributed by atoms with Crippen LogP contribution < -0.4 is 10.5 Å². The van der Waals surface area contributed by atoms with Gasteiger partial charge in [-0.2, -0.15) is 0 Å². The number of nitrogens with zero attached hydrogens (tertiary/aromatic N) is 2. The third-order valence-corrected chi connectivity index (χ3v) is 1.15. The topological polar surface area (TPSA) is 35.0 Å². The van der Waals surface area contributed by atoms with Crippen LogP contribution in [0.2, 0.25) is 0 Å². The van der Waals surface area contributed by atoms with Crippen molar-refractivity contribution in [3.63, 3.8) is 0 Å². The average Bonchev–Trinajstić information content (AvgIpc) is 2.03. The summed E-state index contributed by atoms with van der Waals surface area (Å²) in [6.45, 7) is -5.13. The van der Waals surface area contributed by atoms with Gasteiger partial charge in [-0.1, -0.05) is 0 Å². The third-order valence-electron chi connectivity index (χ3n) is 1.15. The highest BCUT2D eigenvalue weighted by molar-refractivity contribution is 6.71. The van der Waals surface area contributed by atoms with Gasteiger partial charge >= 0.3 is 6.98 Å². The second-order valence-corrected chi connectivity index (χ2v) is 2.03. The van der Waals surface area contributed by atoms with Crippen molar-refractivity contribution in [2.24, 2.45) is 0 Å². The molecular formula is C5H5BF3N2O-. The predicted octanol–water partition coefficient (Wildman–Crippen LogP) is 0.540. The van der Waals surface area contributed by atoms with E-state index >= 15 is 0 Å². The molecule has 0 saturated heterocycles. The molecule has 0 atom stereocenters. The molecule has 1 aromatic heterocycles. The Kier molecular flexibility index (Phi) is 2.21. The Morgan fingerprint density at radius 1 is 1.42 bits per heavy atom. The van der Waals surface area contributed by atoms with Gasteiger partial charge in [0.15, 0.2) is 0 Å². The molecule has 12 heavy (non-hydrogen) atoms. The standard InChI is InChI=1S/C5H5BF3N2O/c1-12-4-2-3-10-5(11-4)6(7,8)9/h2-3H,1H3/q-1. The molecule has 1 heterocycles. The van der Waals surface area contributed by atoms with Gasteiger partial charge in [0.25, 0.3) is 0 Å². The summed E-state index contributed by atoms with van der Waals surface area (Å²) in [5.74, 6) is -0.0841. The van der Waals surface area contributed by atoms with E-state index in [0.717, 1.165) is 6.20 Å². The van der Waals surface area contributed by atoms with Crippen LogP contribution in [0.15, 0.2) is 12.3 Å². The maximum atomic E-state index is 12.0. The molecule has 1 aromatic rings. The highest BCUT2D eigenvalue weighted by atomic mass is 19.4. The van der Waals surface area contributed by atoms with Crippen molar-refractivity contribution in [3.8, 4) is 5.88 Å². The zero-order valence-corrected chi connectivity index (χ0v) is 6.17. The highest BCUT2D eigenvalue weighted by Gasteiger charge is 2.29. The molecule has 0 saturated carbocycles. The molecule has 7 heteroatoms. The van der Waals surface area contributed by atoms with E-state index in [4.69, 9.17) is 0 Å². The number of halogens is 3. The summed E-state index contributed by atoms with van der Waals surface area (Å²) in [5, 5.41) is 0. The van der Waals surface area contributed by atoms with E-state index in [1.165, 1.54) is 13.2 Å². The van der Waals surface area contributed by atoms with Crippen molar-refractivity contribution in [2.45, 2.75) is 0 Å². The Morgan fingerprint density at radius 2 is 2.08 bits per heavy atom. The Labute approximate surface area is 66.7 Å². The number of methoxy groups -OCH3 is 1. The van der Waals surface area contributed by atoms with Gasteiger partial charge in [0, 0.05) is 12.3 Å². The number of ether oxygens (including phenoxy) is 1. The lowest BCUT2D eigenvalue weighted by Crippen LogP contribution is -2.39. The van der Waals surface area contributed by atoms with Crippen LogP contribution in [-0.2, 0) is 0 Å². The fourth-order valence-corrected chi connectivity index (χ4v) is 0.628. The van der Waals surface area contributed by atoms with Crippen molar-refractivity contribution in [1.82, 2.24) is 9.97 Å². The maximum Gasteiger partial charge on any atom is 0.546 e. The van der Waals surface area contributed by atoms with Gasteiger partial charge in [-0.05, 0) is 0 Å². The first-order chi connectivity index (χ1) is 5.54. The lowest BCUT2D eigenvalue weighted by atomic mass is 9.91. The van der Waals surface area contributed by atoms with Crippen LogP contribution in [0, 0.1) is 0 Å². The molecule has 0 radical (unpaired) electrons. The first-order valence-electron chi connectivity index (χ1n) is 3.11. The summed E-state index contributed by atoms with van der Waals surface area (Å²) in [5.41, 5.74) is -1.13. The van der Waals surface area contributed by atoms with Crippen LogP contribution in [-0.4, -0.2) is 24.1 Å². The SMILES string of the molecule is COc1ccnc([B-](F)(F)F)n1. The molecule has 0 aliphatic carbocycles. The molecule has 0 fully saturated rings. The minimum atomic E-state index is -5.13. The zero-order valence-electron chi connectivity index (χ0n) is 6.17. The molecule has 0 bridgehead atoms. The summed E-state index contributed by atoms with van der Waals surface area (Å²) in [6, 6.07) is 1.26. The molecule has 1 rings (SSSR count). The lowest BCUT2D eigenvalue weighted by Gasteiger charge is -2.12. The highest BCUT2D eigenvalue weighted by Crippen LogP contribution is 2.08. The Morgan fingerprint density at radius 3 is 2.58 bits per heavy atom. The van der Waals surface area contributed by atoms with Crippen LogP contribution in [0.25, 0.3) is 0 Å². The molecule has 66 valence electrons. The van der Waals surface area contributed by atoms with E-state index in [1.807, 2.05) is 0 Å². The van der Waals surface area contributed by atoms with Crippen molar-refractivity contribution in [3.05, 3.63) is 12.3 Å². The Balaban J connectivity index is 3.02. The molecule has 0 N–H and O–H groups in total. The summed E-state index contributed by atoms with van der Waals surface area (Å²) < 4.78 is 40.5. The first-order valence-corrected chi connectivity index (χ1v) is 3.11. The maximum absolute atomic E-state index is 12.0. The zero-order chi connectivity index (χ0) is 9.19. The van der Waals surface area contributed by atoms with Gasteiger partial charge in [0.05, 0.1) is 12.8 Å². The monoisotopic (exact) mass is 177 g/mol. The van der Waals surface area contributed by atoms with Gasteiger partial charge in [0.1, 0.15) is 0 Å². The van der Waals surface area contributed by atoms with E-state index in [2.05, 4.69) is 14.7 Å². The number of rotatable bonds is 2. The minimum Gasteiger partial charge on any atom is -0.481 e. The molecule has 3 nitrogen and oxygen atoms in total. The second kappa shape index (κ2) is 3.00. The predicted molar refractivity (Wildman–Crippen MR) is 37.3 cm³/mol. The third kappa shape index (κ3) is 1.87. The summed E-state index contributed by atoms with van der Waals surface area (Å²) in [4.78, 5) is 6.20. The molecule has 0 aromatic carbocycles. The van der Waals surface area contributed by atoms with Crippen LogP contribution >= 0.6 is 0 Å². The Bertz CT molecular complexity index is 278. The molecule has 0 aliphatic heterocycles. The van der Waals surface area contributed by atoms with Crippen molar-refractivity contribution in [2.75, 3.05) is 7.11 Å².